The maximum Gasteiger partial charge on any atom is 0.337 e. The van der Waals surface area contributed by atoms with Gasteiger partial charge in [0.2, 0.25) is 0 Å². The minimum atomic E-state index is -0.334. The molecule has 0 unspecified atom stereocenters. The molecule has 0 bridgehead atoms. The molecule has 0 heterocycles. The molecule has 3 N–H and O–H groups in total. The Morgan fingerprint density at radius 1 is 1.25 bits per heavy atom. The van der Waals surface area contributed by atoms with E-state index in [1.165, 1.54) is 7.11 Å². The van der Waals surface area contributed by atoms with E-state index in [4.69, 9.17) is 4.74 Å². The average molecular weight is 333 g/mol. The van der Waals surface area contributed by atoms with Gasteiger partial charge in [-0.3, -0.25) is 0 Å². The molecule has 1 aromatic carbocycles. The fourth-order valence-corrected chi connectivity index (χ4v) is 2.77. The lowest BCUT2D eigenvalue weighted by atomic mass is 9.93. The van der Waals surface area contributed by atoms with Crippen molar-refractivity contribution in [2.45, 2.75) is 51.3 Å². The Kier molecular flexibility index (Phi) is 7.06. The SMILES string of the molecule is CCNC(=NCc1ccc(C(=O)OC)cc1)NC1CCC(O)CC1. The Balaban J connectivity index is 1.93. The van der Waals surface area contributed by atoms with Crippen LogP contribution in [0, 0.1) is 0 Å². The first-order valence-electron chi connectivity index (χ1n) is 8.52. The van der Waals surface area contributed by atoms with E-state index in [0.717, 1.165) is 43.8 Å². The maximum atomic E-state index is 11.4. The summed E-state index contributed by atoms with van der Waals surface area (Å²) in [5.41, 5.74) is 1.56. The van der Waals surface area contributed by atoms with E-state index in [2.05, 4.69) is 15.6 Å². The van der Waals surface area contributed by atoms with Crippen molar-refractivity contribution in [2.75, 3.05) is 13.7 Å². The van der Waals surface area contributed by atoms with Crippen LogP contribution in [0.5, 0.6) is 0 Å². The molecule has 0 aliphatic heterocycles. The van der Waals surface area contributed by atoms with Crippen LogP contribution in [0.15, 0.2) is 29.3 Å². The number of hydrogen-bond acceptors (Lipinski definition) is 4. The number of nitrogens with zero attached hydrogens (tertiary/aromatic N) is 1. The molecular formula is C18H27N3O3. The van der Waals surface area contributed by atoms with E-state index in [-0.39, 0.29) is 12.1 Å². The zero-order chi connectivity index (χ0) is 17.4. The zero-order valence-corrected chi connectivity index (χ0v) is 14.4. The fraction of sp³-hybridized carbons (Fsp3) is 0.556. The van der Waals surface area contributed by atoms with E-state index in [0.29, 0.717) is 18.2 Å². The number of carbonyl (C=O) groups excluding carboxylic acids is 1. The molecule has 2 rings (SSSR count). The average Bonchev–Trinajstić information content (AvgIpc) is 2.61. The van der Waals surface area contributed by atoms with Gasteiger partial charge < -0.3 is 20.5 Å². The molecule has 6 heteroatoms. The number of aliphatic imine (C=N–C) groups is 1. The third-order valence-electron chi connectivity index (χ3n) is 4.18. The van der Waals surface area contributed by atoms with Gasteiger partial charge in [-0.1, -0.05) is 12.1 Å². The maximum absolute atomic E-state index is 11.4. The first-order chi connectivity index (χ1) is 11.6. The number of nitrogens with one attached hydrogen (secondary N) is 2. The summed E-state index contributed by atoms with van der Waals surface area (Å²) in [7, 11) is 1.37. The number of benzene rings is 1. The molecule has 1 fully saturated rings. The Morgan fingerprint density at radius 2 is 1.92 bits per heavy atom. The highest BCUT2D eigenvalue weighted by molar-refractivity contribution is 5.89. The lowest BCUT2D eigenvalue weighted by Gasteiger charge is -2.27. The van der Waals surface area contributed by atoms with Gasteiger partial charge in [-0.15, -0.1) is 0 Å². The van der Waals surface area contributed by atoms with Crippen molar-refractivity contribution < 1.29 is 14.6 Å². The molecule has 0 amide bonds. The molecule has 0 atom stereocenters. The van der Waals surface area contributed by atoms with Crippen molar-refractivity contribution in [3.63, 3.8) is 0 Å². The molecule has 132 valence electrons. The predicted molar refractivity (Wildman–Crippen MR) is 94.0 cm³/mol. The van der Waals surface area contributed by atoms with Gasteiger partial charge in [-0.25, -0.2) is 9.79 Å². The van der Waals surface area contributed by atoms with E-state index in [9.17, 15) is 9.90 Å². The summed E-state index contributed by atoms with van der Waals surface area (Å²) in [6.45, 7) is 3.36. The van der Waals surface area contributed by atoms with Crippen LogP contribution in [0.3, 0.4) is 0 Å². The second kappa shape index (κ2) is 9.27. The van der Waals surface area contributed by atoms with Gasteiger partial charge in [0, 0.05) is 12.6 Å². The van der Waals surface area contributed by atoms with Gasteiger partial charge in [-0.2, -0.15) is 0 Å². The van der Waals surface area contributed by atoms with Crippen LogP contribution in [-0.2, 0) is 11.3 Å². The second-order valence-electron chi connectivity index (χ2n) is 6.03. The van der Waals surface area contributed by atoms with Crippen LogP contribution < -0.4 is 10.6 Å². The fourth-order valence-electron chi connectivity index (χ4n) is 2.77. The standard InChI is InChI=1S/C18H27N3O3/c1-3-19-18(21-15-8-10-16(22)11-9-15)20-12-13-4-6-14(7-5-13)17(23)24-2/h4-7,15-16,22H,3,8-12H2,1-2H3,(H2,19,20,21). The highest BCUT2D eigenvalue weighted by atomic mass is 16.5. The number of methoxy groups -OCH3 is 1. The van der Waals surface area contributed by atoms with Crippen molar-refractivity contribution in [3.05, 3.63) is 35.4 Å². The van der Waals surface area contributed by atoms with Crippen molar-refractivity contribution in [1.82, 2.24) is 10.6 Å². The summed E-state index contributed by atoms with van der Waals surface area (Å²) in [5, 5.41) is 16.3. The van der Waals surface area contributed by atoms with Gasteiger partial charge in [0.1, 0.15) is 0 Å². The molecule has 0 spiro atoms. The number of hydrogen-bond donors (Lipinski definition) is 3. The van der Waals surface area contributed by atoms with Crippen LogP contribution in [0.2, 0.25) is 0 Å². The third-order valence-corrected chi connectivity index (χ3v) is 4.18. The monoisotopic (exact) mass is 333 g/mol. The number of aliphatic hydroxyl groups excluding tert-OH is 1. The summed E-state index contributed by atoms with van der Waals surface area (Å²) in [6.07, 6.45) is 3.44. The number of aliphatic hydroxyl groups is 1. The number of esters is 1. The van der Waals surface area contributed by atoms with Gasteiger partial charge in [-0.05, 0) is 50.3 Å². The number of carbonyl (C=O) groups is 1. The van der Waals surface area contributed by atoms with Crippen LogP contribution >= 0.6 is 0 Å². The van der Waals surface area contributed by atoms with Gasteiger partial charge in [0.15, 0.2) is 5.96 Å². The van der Waals surface area contributed by atoms with Crippen LogP contribution in [0.25, 0.3) is 0 Å². The normalized spacial score (nSPS) is 21.2. The van der Waals surface area contributed by atoms with Crippen LogP contribution in [0.1, 0.15) is 48.5 Å². The molecule has 1 saturated carbocycles. The van der Waals surface area contributed by atoms with Crippen molar-refractivity contribution >= 4 is 11.9 Å². The first-order valence-corrected chi connectivity index (χ1v) is 8.52. The minimum Gasteiger partial charge on any atom is -0.465 e. The molecule has 6 nitrogen and oxygen atoms in total. The summed E-state index contributed by atoms with van der Waals surface area (Å²) in [6, 6.07) is 7.62. The van der Waals surface area contributed by atoms with E-state index < -0.39 is 0 Å². The van der Waals surface area contributed by atoms with Gasteiger partial charge in [0.25, 0.3) is 0 Å². The predicted octanol–water partition coefficient (Wildman–Crippen LogP) is 1.83. The molecule has 0 saturated heterocycles. The molecule has 1 aromatic rings. The van der Waals surface area contributed by atoms with Crippen molar-refractivity contribution in [1.29, 1.82) is 0 Å². The van der Waals surface area contributed by atoms with Gasteiger partial charge in [0.05, 0.1) is 25.3 Å². The molecule has 24 heavy (non-hydrogen) atoms. The Morgan fingerprint density at radius 3 is 2.50 bits per heavy atom. The first kappa shape index (κ1) is 18.3. The quantitative estimate of drug-likeness (QED) is 0.435. The molecule has 0 radical (unpaired) electrons. The highest BCUT2D eigenvalue weighted by Gasteiger charge is 2.19. The number of guanidine groups is 1. The molecule has 1 aliphatic carbocycles. The van der Waals surface area contributed by atoms with E-state index in [1.807, 2.05) is 19.1 Å². The highest BCUT2D eigenvalue weighted by Crippen LogP contribution is 2.18. The van der Waals surface area contributed by atoms with E-state index >= 15 is 0 Å². The summed E-state index contributed by atoms with van der Waals surface area (Å²) in [4.78, 5) is 16.0. The van der Waals surface area contributed by atoms with Crippen LogP contribution in [0.4, 0.5) is 0 Å². The number of ether oxygens (including phenoxy) is 1. The summed E-state index contributed by atoms with van der Waals surface area (Å²) >= 11 is 0. The molecule has 0 aromatic heterocycles. The van der Waals surface area contributed by atoms with Crippen molar-refractivity contribution in [3.8, 4) is 0 Å². The van der Waals surface area contributed by atoms with E-state index in [1.54, 1.807) is 12.1 Å². The number of rotatable bonds is 5. The second-order valence-corrected chi connectivity index (χ2v) is 6.03. The molecule has 1 aliphatic rings. The lowest BCUT2D eigenvalue weighted by Crippen LogP contribution is -2.45. The smallest absolute Gasteiger partial charge is 0.337 e. The topological polar surface area (TPSA) is 83.0 Å². The minimum absolute atomic E-state index is 0.157. The Hall–Kier alpha value is -2.08. The summed E-state index contributed by atoms with van der Waals surface area (Å²) < 4.78 is 4.69. The zero-order valence-electron chi connectivity index (χ0n) is 14.4. The molecular weight excluding hydrogens is 306 g/mol. The Bertz CT molecular complexity index is 549. The lowest BCUT2D eigenvalue weighted by molar-refractivity contribution is 0.0600. The van der Waals surface area contributed by atoms with Gasteiger partial charge >= 0.3 is 5.97 Å². The largest absolute Gasteiger partial charge is 0.465 e. The Labute approximate surface area is 143 Å². The van der Waals surface area contributed by atoms with Crippen LogP contribution in [-0.4, -0.2) is 42.8 Å². The third kappa shape index (κ3) is 5.53. The summed E-state index contributed by atoms with van der Waals surface area (Å²) in [5.74, 6) is 0.454. The van der Waals surface area contributed by atoms with Crippen molar-refractivity contribution in [2.24, 2.45) is 4.99 Å².